The lowest BCUT2D eigenvalue weighted by atomic mass is 9.99. The van der Waals surface area contributed by atoms with Crippen LogP contribution in [0.15, 0.2) is 53.0 Å². The lowest BCUT2D eigenvalue weighted by molar-refractivity contribution is 0.242. The summed E-state index contributed by atoms with van der Waals surface area (Å²) >= 11 is 3.57. The quantitative estimate of drug-likeness (QED) is 0.646. The van der Waals surface area contributed by atoms with Crippen LogP contribution in [-0.2, 0) is 0 Å². The van der Waals surface area contributed by atoms with E-state index in [9.17, 15) is 0 Å². The molecular weight excluding hydrogens is 316 g/mol. The van der Waals surface area contributed by atoms with Crippen molar-refractivity contribution in [3.05, 3.63) is 64.1 Å². The molecule has 0 aliphatic rings. The summed E-state index contributed by atoms with van der Waals surface area (Å²) in [6.07, 6.45) is 0.151. The van der Waals surface area contributed by atoms with Gasteiger partial charge in [-0.15, -0.1) is 0 Å². The first kappa shape index (κ1) is 15.0. The number of hydrogen-bond donors (Lipinski definition) is 2. The van der Waals surface area contributed by atoms with Gasteiger partial charge in [-0.25, -0.2) is 5.43 Å². The Hall–Kier alpha value is -1.36. The highest BCUT2D eigenvalue weighted by molar-refractivity contribution is 9.10. The summed E-state index contributed by atoms with van der Waals surface area (Å²) in [5.41, 5.74) is 5.03. The summed E-state index contributed by atoms with van der Waals surface area (Å²) in [5, 5.41) is 0. The van der Waals surface area contributed by atoms with E-state index in [1.807, 2.05) is 62.4 Å². The summed E-state index contributed by atoms with van der Waals surface area (Å²) < 4.78 is 6.76. The van der Waals surface area contributed by atoms with Crippen LogP contribution in [0.3, 0.4) is 0 Å². The molecule has 2 aromatic carbocycles. The Labute approximate surface area is 128 Å². The number of hydrazine groups is 1. The molecule has 0 saturated heterocycles. The van der Waals surface area contributed by atoms with Crippen LogP contribution in [0.4, 0.5) is 0 Å². The monoisotopic (exact) mass is 334 g/mol. The zero-order valence-corrected chi connectivity index (χ0v) is 13.2. The van der Waals surface area contributed by atoms with Crippen molar-refractivity contribution in [3.63, 3.8) is 0 Å². The lowest BCUT2D eigenvalue weighted by Crippen LogP contribution is -2.29. The smallest absolute Gasteiger partial charge is 0.120 e. The van der Waals surface area contributed by atoms with Crippen molar-refractivity contribution in [3.8, 4) is 5.75 Å². The molecule has 3 nitrogen and oxygen atoms in total. The Balaban J connectivity index is 2.35. The maximum absolute atomic E-state index is 5.75. The van der Waals surface area contributed by atoms with Crippen LogP contribution >= 0.6 is 15.9 Å². The molecule has 0 radical (unpaired) electrons. The molecule has 1 unspecified atom stereocenters. The topological polar surface area (TPSA) is 47.3 Å². The molecule has 0 bridgehead atoms. The number of hydrogen-bond acceptors (Lipinski definition) is 3. The Kier molecular flexibility index (Phi) is 5.17. The molecule has 106 valence electrons. The minimum absolute atomic E-state index is 0.0821. The van der Waals surface area contributed by atoms with E-state index in [0.717, 1.165) is 21.3 Å². The third-order valence-corrected chi connectivity index (χ3v) is 3.67. The molecule has 0 spiro atoms. The van der Waals surface area contributed by atoms with E-state index < -0.39 is 0 Å². The summed E-state index contributed by atoms with van der Waals surface area (Å²) in [5.74, 6) is 6.60. The minimum atomic E-state index is -0.0821. The van der Waals surface area contributed by atoms with Crippen LogP contribution in [0.5, 0.6) is 5.75 Å². The van der Waals surface area contributed by atoms with Crippen LogP contribution < -0.4 is 16.0 Å². The van der Waals surface area contributed by atoms with Crippen LogP contribution in [-0.4, -0.2) is 6.10 Å². The number of rotatable bonds is 5. The summed E-state index contributed by atoms with van der Waals surface area (Å²) in [4.78, 5) is 0. The molecule has 4 heteroatoms. The molecule has 0 aliphatic carbocycles. The largest absolute Gasteiger partial charge is 0.491 e. The zero-order valence-electron chi connectivity index (χ0n) is 11.6. The van der Waals surface area contributed by atoms with E-state index in [-0.39, 0.29) is 12.1 Å². The van der Waals surface area contributed by atoms with Gasteiger partial charge in [0, 0.05) is 4.47 Å². The van der Waals surface area contributed by atoms with E-state index in [1.54, 1.807) is 0 Å². The Bertz CT molecular complexity index is 572. The Morgan fingerprint density at radius 2 is 1.85 bits per heavy atom. The second-order valence-corrected chi connectivity index (χ2v) is 5.71. The molecular formula is C16H19BrN2O. The summed E-state index contributed by atoms with van der Waals surface area (Å²) in [6.45, 7) is 4.03. The zero-order chi connectivity index (χ0) is 14.5. The minimum Gasteiger partial charge on any atom is -0.491 e. The van der Waals surface area contributed by atoms with Gasteiger partial charge in [-0.1, -0.05) is 46.3 Å². The average Bonchev–Trinajstić information content (AvgIpc) is 2.41. The molecule has 2 rings (SSSR count). The fourth-order valence-electron chi connectivity index (χ4n) is 2.11. The fourth-order valence-corrected chi connectivity index (χ4v) is 2.63. The van der Waals surface area contributed by atoms with Crippen molar-refractivity contribution in [2.24, 2.45) is 5.84 Å². The van der Waals surface area contributed by atoms with E-state index in [1.165, 1.54) is 0 Å². The highest BCUT2D eigenvalue weighted by Crippen LogP contribution is 2.29. The van der Waals surface area contributed by atoms with Gasteiger partial charge in [-0.05, 0) is 43.2 Å². The van der Waals surface area contributed by atoms with Gasteiger partial charge in [0.2, 0.25) is 0 Å². The van der Waals surface area contributed by atoms with Gasteiger partial charge < -0.3 is 4.74 Å². The van der Waals surface area contributed by atoms with Crippen molar-refractivity contribution in [1.29, 1.82) is 0 Å². The highest BCUT2D eigenvalue weighted by atomic mass is 79.9. The van der Waals surface area contributed by atoms with Crippen molar-refractivity contribution >= 4 is 15.9 Å². The third kappa shape index (κ3) is 3.60. The molecule has 2 aromatic rings. The second-order valence-electron chi connectivity index (χ2n) is 4.86. The van der Waals surface area contributed by atoms with Crippen molar-refractivity contribution < 1.29 is 4.74 Å². The molecule has 3 N–H and O–H groups in total. The van der Waals surface area contributed by atoms with Gasteiger partial charge in [0.1, 0.15) is 5.75 Å². The predicted molar refractivity (Wildman–Crippen MR) is 85.5 cm³/mol. The number of nitrogens with two attached hydrogens (primary N) is 1. The van der Waals surface area contributed by atoms with Crippen molar-refractivity contribution in [2.75, 3.05) is 0 Å². The molecule has 0 fully saturated rings. The van der Waals surface area contributed by atoms with Crippen LogP contribution in [0, 0.1) is 0 Å². The normalized spacial score (nSPS) is 12.4. The van der Waals surface area contributed by atoms with Gasteiger partial charge in [0.05, 0.1) is 12.1 Å². The molecule has 20 heavy (non-hydrogen) atoms. The first-order valence-corrected chi connectivity index (χ1v) is 7.38. The molecule has 0 saturated carbocycles. The molecule has 0 heterocycles. The van der Waals surface area contributed by atoms with E-state index >= 15 is 0 Å². The maximum atomic E-state index is 5.75. The lowest BCUT2D eigenvalue weighted by Gasteiger charge is -2.19. The van der Waals surface area contributed by atoms with Gasteiger partial charge >= 0.3 is 0 Å². The molecule has 1 atom stereocenters. The number of benzene rings is 2. The number of ether oxygens (including phenoxy) is 1. The van der Waals surface area contributed by atoms with Crippen LogP contribution in [0.2, 0.25) is 0 Å². The predicted octanol–water partition coefficient (Wildman–Crippen LogP) is 3.79. The number of halogens is 1. The molecule has 0 aliphatic heterocycles. The van der Waals surface area contributed by atoms with Crippen molar-refractivity contribution in [1.82, 2.24) is 5.43 Å². The van der Waals surface area contributed by atoms with E-state index in [2.05, 4.69) is 21.4 Å². The van der Waals surface area contributed by atoms with Crippen LogP contribution in [0.1, 0.15) is 31.0 Å². The highest BCUT2D eigenvalue weighted by Gasteiger charge is 2.15. The SMILES string of the molecule is CC(C)Oc1cccc(C(NN)c2ccccc2Br)c1. The van der Waals surface area contributed by atoms with Gasteiger partial charge in [0.25, 0.3) is 0 Å². The standard InChI is InChI=1S/C16H19BrN2O/c1-11(2)20-13-7-5-6-12(10-13)16(19-18)14-8-3-4-9-15(14)17/h3-11,16,19H,18H2,1-2H3. The van der Waals surface area contributed by atoms with E-state index in [0.29, 0.717) is 0 Å². The van der Waals surface area contributed by atoms with Crippen LogP contribution in [0.25, 0.3) is 0 Å². The fraction of sp³-hybridized carbons (Fsp3) is 0.250. The van der Waals surface area contributed by atoms with Gasteiger partial charge in [-0.2, -0.15) is 0 Å². The van der Waals surface area contributed by atoms with Gasteiger partial charge in [-0.3, -0.25) is 5.84 Å². The first-order chi connectivity index (χ1) is 9.61. The number of nitrogens with one attached hydrogen (secondary N) is 1. The van der Waals surface area contributed by atoms with Crippen molar-refractivity contribution in [2.45, 2.75) is 26.0 Å². The van der Waals surface area contributed by atoms with Gasteiger partial charge in [0.15, 0.2) is 0 Å². The average molecular weight is 335 g/mol. The third-order valence-electron chi connectivity index (χ3n) is 2.95. The van der Waals surface area contributed by atoms with E-state index in [4.69, 9.17) is 10.6 Å². The summed E-state index contributed by atoms with van der Waals surface area (Å²) in [6, 6.07) is 15.9. The molecule has 0 aromatic heterocycles. The maximum Gasteiger partial charge on any atom is 0.120 e. The molecule has 0 amide bonds. The Morgan fingerprint density at radius 3 is 2.50 bits per heavy atom. The second kappa shape index (κ2) is 6.88. The summed E-state index contributed by atoms with van der Waals surface area (Å²) in [7, 11) is 0. The Morgan fingerprint density at radius 1 is 1.10 bits per heavy atom. The first-order valence-electron chi connectivity index (χ1n) is 6.59.